The lowest BCUT2D eigenvalue weighted by Crippen LogP contribution is -2.19. The van der Waals surface area contributed by atoms with Gasteiger partial charge in [-0.2, -0.15) is 0 Å². The molecule has 0 saturated carbocycles. The molecule has 0 aliphatic heterocycles. The van der Waals surface area contributed by atoms with Crippen molar-refractivity contribution in [2.75, 3.05) is 19.8 Å². The molecule has 0 atom stereocenters. The maximum Gasteiger partial charge on any atom is 0.251 e. The summed E-state index contributed by atoms with van der Waals surface area (Å²) in [6, 6.07) is 1.52. The van der Waals surface area contributed by atoms with Gasteiger partial charge in [0.05, 0.1) is 12.3 Å². The predicted octanol–water partition coefficient (Wildman–Crippen LogP) is 0.458. The van der Waals surface area contributed by atoms with E-state index in [9.17, 15) is 4.79 Å². The highest BCUT2D eigenvalue weighted by atomic mass is 16.5. The van der Waals surface area contributed by atoms with Crippen LogP contribution in [0.25, 0.3) is 0 Å². The van der Waals surface area contributed by atoms with Gasteiger partial charge >= 0.3 is 0 Å². The van der Waals surface area contributed by atoms with Gasteiger partial charge < -0.3 is 15.0 Å². The first kappa shape index (κ1) is 12.9. The predicted molar refractivity (Wildman–Crippen MR) is 62.4 cm³/mol. The van der Waals surface area contributed by atoms with E-state index < -0.39 is 0 Å². The molecule has 0 bridgehead atoms. The molecule has 90 valence electrons. The molecule has 16 heavy (non-hydrogen) atoms. The van der Waals surface area contributed by atoms with E-state index in [2.05, 4.69) is 15.3 Å². The Kier molecular flexibility index (Phi) is 5.74. The van der Waals surface area contributed by atoms with Gasteiger partial charge in [-0.15, -0.1) is 0 Å². The van der Waals surface area contributed by atoms with Crippen molar-refractivity contribution in [1.82, 2.24) is 15.3 Å². The van der Waals surface area contributed by atoms with E-state index in [1.165, 1.54) is 6.07 Å². The summed E-state index contributed by atoms with van der Waals surface area (Å²) in [5.74, 6) is 0.689. The number of nitrogens with one attached hydrogen (secondary N) is 2. The van der Waals surface area contributed by atoms with Gasteiger partial charge in [0.15, 0.2) is 0 Å². The maximum absolute atomic E-state index is 11.3. The third kappa shape index (κ3) is 4.55. The average Bonchev–Trinajstić information content (AvgIpc) is 2.26. The van der Waals surface area contributed by atoms with Crippen LogP contribution < -0.4 is 10.9 Å². The quantitative estimate of drug-likeness (QED) is 0.661. The molecule has 0 saturated heterocycles. The summed E-state index contributed by atoms with van der Waals surface area (Å²) in [5, 5.41) is 3.14. The Balaban J connectivity index is 2.62. The van der Waals surface area contributed by atoms with Gasteiger partial charge in [-0.3, -0.25) is 4.79 Å². The van der Waals surface area contributed by atoms with Crippen molar-refractivity contribution >= 4 is 0 Å². The number of rotatable bonds is 7. The van der Waals surface area contributed by atoms with Crippen molar-refractivity contribution in [2.24, 2.45) is 0 Å². The number of nitrogens with zero attached hydrogens (tertiary/aromatic N) is 1. The minimum Gasteiger partial charge on any atom is -0.381 e. The molecule has 2 N–H and O–H groups in total. The molecule has 0 unspecified atom stereocenters. The Morgan fingerprint density at radius 3 is 3.00 bits per heavy atom. The molecule has 0 aliphatic carbocycles. The Bertz CT molecular complexity index is 362. The van der Waals surface area contributed by atoms with Crippen LogP contribution in [0, 0.1) is 0 Å². The zero-order valence-electron chi connectivity index (χ0n) is 9.88. The first-order chi connectivity index (χ1) is 7.76. The van der Waals surface area contributed by atoms with Gasteiger partial charge in [-0.05, 0) is 13.5 Å². The normalized spacial score (nSPS) is 10.6. The molecule has 0 aromatic carbocycles. The van der Waals surface area contributed by atoms with E-state index in [4.69, 9.17) is 4.74 Å². The maximum atomic E-state index is 11.3. The van der Waals surface area contributed by atoms with E-state index in [0.717, 1.165) is 12.2 Å². The van der Waals surface area contributed by atoms with Crippen molar-refractivity contribution in [2.45, 2.75) is 26.8 Å². The second-order valence-electron chi connectivity index (χ2n) is 3.41. The largest absolute Gasteiger partial charge is 0.381 e. The highest BCUT2D eigenvalue weighted by Gasteiger charge is 2.00. The van der Waals surface area contributed by atoms with E-state index in [0.29, 0.717) is 32.0 Å². The van der Waals surface area contributed by atoms with Crippen LogP contribution in [0.4, 0.5) is 0 Å². The summed E-state index contributed by atoms with van der Waals surface area (Å²) in [6.45, 7) is 6.72. The number of aromatic nitrogens is 2. The fourth-order valence-electron chi connectivity index (χ4n) is 1.34. The second-order valence-corrected chi connectivity index (χ2v) is 3.41. The summed E-state index contributed by atoms with van der Waals surface area (Å²) < 4.78 is 5.22. The van der Waals surface area contributed by atoms with Crippen LogP contribution in [0.3, 0.4) is 0 Å². The van der Waals surface area contributed by atoms with Crippen molar-refractivity contribution < 1.29 is 4.74 Å². The van der Waals surface area contributed by atoms with E-state index in [1.807, 2.05) is 13.8 Å². The fraction of sp³-hybridized carbons (Fsp3) is 0.636. The molecule has 1 aromatic heterocycles. The van der Waals surface area contributed by atoms with Crippen LogP contribution in [-0.4, -0.2) is 29.7 Å². The Morgan fingerprint density at radius 2 is 2.31 bits per heavy atom. The standard InChI is InChI=1S/C11H19N3O2/c1-3-12-8-9-7-11(15)14-10(13-9)5-6-16-4-2/h7,12H,3-6,8H2,1-2H3,(H,13,14,15). The smallest absolute Gasteiger partial charge is 0.251 e. The molecule has 5 heteroatoms. The topological polar surface area (TPSA) is 67.0 Å². The third-order valence-corrected chi connectivity index (χ3v) is 2.09. The lowest BCUT2D eigenvalue weighted by atomic mass is 10.3. The summed E-state index contributed by atoms with van der Waals surface area (Å²) in [4.78, 5) is 18.4. The van der Waals surface area contributed by atoms with Gasteiger partial charge in [0.1, 0.15) is 5.82 Å². The van der Waals surface area contributed by atoms with E-state index in [1.54, 1.807) is 0 Å². The van der Waals surface area contributed by atoms with E-state index >= 15 is 0 Å². The van der Waals surface area contributed by atoms with Gasteiger partial charge in [-0.1, -0.05) is 6.92 Å². The molecule has 0 amide bonds. The molecule has 1 heterocycles. The number of hydrogen-bond acceptors (Lipinski definition) is 4. The summed E-state index contributed by atoms with van der Waals surface area (Å²) in [5.41, 5.74) is 0.673. The lowest BCUT2D eigenvalue weighted by Gasteiger charge is -2.04. The summed E-state index contributed by atoms with van der Waals surface area (Å²) in [7, 11) is 0. The highest BCUT2D eigenvalue weighted by Crippen LogP contribution is 1.94. The molecule has 0 aliphatic rings. The number of hydrogen-bond donors (Lipinski definition) is 2. The Labute approximate surface area is 95.3 Å². The second kappa shape index (κ2) is 7.14. The van der Waals surface area contributed by atoms with Gasteiger partial charge in [0, 0.05) is 25.6 Å². The minimum absolute atomic E-state index is 0.102. The number of aromatic amines is 1. The van der Waals surface area contributed by atoms with Crippen LogP contribution in [0.15, 0.2) is 10.9 Å². The van der Waals surface area contributed by atoms with Crippen molar-refractivity contribution in [1.29, 1.82) is 0 Å². The highest BCUT2D eigenvalue weighted by molar-refractivity contribution is 5.02. The first-order valence-corrected chi connectivity index (χ1v) is 5.63. The summed E-state index contributed by atoms with van der Waals surface area (Å²) >= 11 is 0. The zero-order valence-corrected chi connectivity index (χ0v) is 9.88. The molecular formula is C11H19N3O2. The SMILES string of the molecule is CCNCc1cc(=O)[nH]c(CCOCC)n1. The zero-order chi connectivity index (χ0) is 11.8. The van der Waals surface area contributed by atoms with Crippen LogP contribution in [0.2, 0.25) is 0 Å². The monoisotopic (exact) mass is 225 g/mol. The van der Waals surface area contributed by atoms with Crippen LogP contribution in [0.5, 0.6) is 0 Å². The lowest BCUT2D eigenvalue weighted by molar-refractivity contribution is 0.149. The Morgan fingerprint density at radius 1 is 1.50 bits per heavy atom. The van der Waals surface area contributed by atoms with Gasteiger partial charge in [0.2, 0.25) is 0 Å². The molecule has 5 nitrogen and oxygen atoms in total. The average molecular weight is 225 g/mol. The number of ether oxygens (including phenoxy) is 1. The van der Waals surface area contributed by atoms with Crippen molar-refractivity contribution in [3.8, 4) is 0 Å². The minimum atomic E-state index is -0.102. The molecular weight excluding hydrogens is 206 g/mol. The van der Waals surface area contributed by atoms with Gasteiger partial charge in [-0.25, -0.2) is 4.98 Å². The molecule has 1 aromatic rings. The molecule has 0 spiro atoms. The van der Waals surface area contributed by atoms with Gasteiger partial charge in [0.25, 0.3) is 5.56 Å². The third-order valence-electron chi connectivity index (χ3n) is 2.09. The molecule has 1 rings (SSSR count). The Hall–Kier alpha value is -1.20. The van der Waals surface area contributed by atoms with Crippen molar-refractivity contribution in [3.63, 3.8) is 0 Å². The van der Waals surface area contributed by atoms with Crippen LogP contribution in [-0.2, 0) is 17.7 Å². The molecule has 0 fully saturated rings. The van der Waals surface area contributed by atoms with Crippen LogP contribution >= 0.6 is 0 Å². The fourth-order valence-corrected chi connectivity index (χ4v) is 1.34. The van der Waals surface area contributed by atoms with E-state index in [-0.39, 0.29) is 5.56 Å². The first-order valence-electron chi connectivity index (χ1n) is 5.63. The van der Waals surface area contributed by atoms with Crippen molar-refractivity contribution in [3.05, 3.63) is 27.9 Å². The molecule has 0 radical (unpaired) electrons. The summed E-state index contributed by atoms with van der Waals surface area (Å²) in [6.07, 6.45) is 0.642. The van der Waals surface area contributed by atoms with Crippen LogP contribution in [0.1, 0.15) is 25.4 Å². The number of H-pyrrole nitrogens is 1.